The maximum atomic E-state index is 5.32. The smallest absolute Gasteiger partial charge is 0.330 e. The number of rotatable bonds is 2. The van der Waals surface area contributed by atoms with E-state index in [0.29, 0.717) is 0 Å². The average Bonchev–Trinajstić information content (AvgIpc) is 2.79. The van der Waals surface area contributed by atoms with Crippen LogP contribution < -0.4 is 5.73 Å². The van der Waals surface area contributed by atoms with Gasteiger partial charge in [-0.3, -0.25) is 0 Å². The normalized spacial score (nSPS) is 7.80. The number of nitrogens with two attached hydrogens (primary N) is 1. The third-order valence-corrected chi connectivity index (χ3v) is 1.72. The van der Waals surface area contributed by atoms with Gasteiger partial charge in [-0.1, -0.05) is 0 Å². The van der Waals surface area contributed by atoms with Crippen LogP contribution in [0.1, 0.15) is 5.56 Å². The fraction of sp³-hybridized carbons (Fsp3) is 0.167. The third kappa shape index (κ3) is 8.46. The van der Waals surface area contributed by atoms with Gasteiger partial charge < -0.3 is 5.73 Å². The fourth-order valence-corrected chi connectivity index (χ4v) is 1.07. The van der Waals surface area contributed by atoms with Crippen molar-refractivity contribution in [3.63, 3.8) is 0 Å². The first kappa shape index (κ1) is 16.9. The molecular weight excluding hydrogens is 249 g/mol. The van der Waals surface area contributed by atoms with Crippen molar-refractivity contribution in [2.45, 2.75) is 6.42 Å². The Morgan fingerprint density at radius 2 is 1.73 bits per heavy atom. The Morgan fingerprint density at radius 3 is 2.07 bits per heavy atom. The molecule has 0 aliphatic rings. The van der Waals surface area contributed by atoms with E-state index in [9.17, 15) is 0 Å². The molecule has 0 heterocycles. The number of hydrogen-bond donors (Lipinski definition) is 1. The van der Waals surface area contributed by atoms with Gasteiger partial charge >= 0.3 is 17.1 Å². The maximum absolute atomic E-state index is 5.32. The summed E-state index contributed by atoms with van der Waals surface area (Å²) < 4.78 is 0. The van der Waals surface area contributed by atoms with Gasteiger partial charge in [0.15, 0.2) is 0 Å². The summed E-state index contributed by atoms with van der Waals surface area (Å²) in [6.07, 6.45) is 1.01. The Morgan fingerprint density at radius 1 is 1.07 bits per heavy atom. The Bertz CT molecular complexity index is 259. The molecule has 84 valence electrons. The van der Waals surface area contributed by atoms with Crippen LogP contribution in [0.4, 0.5) is 0 Å². The van der Waals surface area contributed by atoms with Gasteiger partial charge in [-0.05, 0) is 13.0 Å². The van der Waals surface area contributed by atoms with Crippen molar-refractivity contribution in [2.24, 2.45) is 5.73 Å². The molecule has 0 unspecified atom stereocenters. The molecule has 0 saturated heterocycles. The van der Waals surface area contributed by atoms with Crippen molar-refractivity contribution in [1.82, 2.24) is 0 Å². The second-order valence-electron chi connectivity index (χ2n) is 2.79. The molecule has 2 rings (SSSR count). The quantitative estimate of drug-likeness (QED) is 0.656. The first-order valence-electron chi connectivity index (χ1n) is 4.51. The topological polar surface area (TPSA) is 26.0 Å². The van der Waals surface area contributed by atoms with Gasteiger partial charge in [-0.15, -0.1) is 12.4 Å². The molecule has 0 amide bonds. The van der Waals surface area contributed by atoms with Gasteiger partial charge in [-0.2, -0.15) is 35.9 Å². The van der Waals surface area contributed by atoms with Gasteiger partial charge in [0.2, 0.25) is 0 Å². The van der Waals surface area contributed by atoms with E-state index in [4.69, 9.17) is 5.73 Å². The standard InChI is InChI=1S/C7H10N.C5H5.ClH.Fe/c8-6-5-7-3-1-2-4-7;1-2-4-5-3-1;;/h1-4H,5-6,8H2;1-5H;1H;/q2*-1;;+2. The summed E-state index contributed by atoms with van der Waals surface area (Å²) in [5, 5.41) is 0. The maximum Gasteiger partial charge on any atom is 2.00 e. The van der Waals surface area contributed by atoms with E-state index in [-0.39, 0.29) is 29.5 Å². The fourth-order valence-electron chi connectivity index (χ4n) is 1.07. The predicted octanol–water partition coefficient (Wildman–Crippen LogP) is 2.73. The van der Waals surface area contributed by atoms with E-state index in [1.54, 1.807) is 0 Å². The van der Waals surface area contributed by atoms with E-state index in [1.807, 2.05) is 42.5 Å². The van der Waals surface area contributed by atoms with Crippen LogP contribution in [0, 0.1) is 0 Å². The van der Waals surface area contributed by atoms with Gasteiger partial charge in [0.1, 0.15) is 0 Å². The SMILES string of the molecule is Cl.NCCc1ccc[cH-]1.[Fe+2].c1cc[cH-]c1. The molecule has 0 saturated carbocycles. The summed E-state index contributed by atoms with van der Waals surface area (Å²) >= 11 is 0. The summed E-state index contributed by atoms with van der Waals surface area (Å²) in [6, 6.07) is 18.2. The van der Waals surface area contributed by atoms with Crippen molar-refractivity contribution in [3.05, 3.63) is 60.2 Å². The molecule has 0 aliphatic heterocycles. The largest absolute Gasteiger partial charge is 2.00 e. The van der Waals surface area contributed by atoms with Crippen molar-refractivity contribution < 1.29 is 17.1 Å². The molecule has 1 nitrogen and oxygen atoms in total. The molecule has 0 atom stereocenters. The zero-order valence-corrected chi connectivity index (χ0v) is 10.4. The molecule has 2 aromatic carbocycles. The molecule has 3 heteroatoms. The van der Waals surface area contributed by atoms with Crippen LogP contribution in [-0.2, 0) is 23.5 Å². The van der Waals surface area contributed by atoms with Crippen LogP contribution >= 0.6 is 12.4 Å². The predicted molar refractivity (Wildman–Crippen MR) is 64.1 cm³/mol. The molecule has 2 aromatic rings. The van der Waals surface area contributed by atoms with Crippen molar-refractivity contribution >= 4 is 12.4 Å². The summed E-state index contributed by atoms with van der Waals surface area (Å²) in [5.41, 5.74) is 6.66. The summed E-state index contributed by atoms with van der Waals surface area (Å²) in [7, 11) is 0. The Balaban J connectivity index is 0. The zero-order chi connectivity index (χ0) is 9.36. The molecule has 0 bridgehead atoms. The van der Waals surface area contributed by atoms with Gasteiger partial charge in [0.05, 0.1) is 0 Å². The second kappa shape index (κ2) is 11.5. The van der Waals surface area contributed by atoms with Gasteiger partial charge in [0.25, 0.3) is 0 Å². The van der Waals surface area contributed by atoms with Crippen LogP contribution in [-0.4, -0.2) is 6.54 Å². The van der Waals surface area contributed by atoms with Crippen molar-refractivity contribution in [1.29, 1.82) is 0 Å². The summed E-state index contributed by atoms with van der Waals surface area (Å²) in [4.78, 5) is 0. The van der Waals surface area contributed by atoms with Crippen LogP contribution in [0.25, 0.3) is 0 Å². The monoisotopic (exact) mass is 265 g/mol. The minimum absolute atomic E-state index is 0. The van der Waals surface area contributed by atoms with E-state index >= 15 is 0 Å². The number of halogens is 1. The molecular formula is C12H16ClFeN. The molecule has 0 radical (unpaired) electrons. The van der Waals surface area contributed by atoms with Crippen LogP contribution in [0.3, 0.4) is 0 Å². The Kier molecular flexibility index (Phi) is 13.0. The van der Waals surface area contributed by atoms with Crippen molar-refractivity contribution in [3.8, 4) is 0 Å². The molecule has 0 fully saturated rings. The molecule has 0 aromatic heterocycles. The second-order valence-corrected chi connectivity index (χ2v) is 2.79. The first-order chi connectivity index (χ1) is 6.43. The van der Waals surface area contributed by atoms with E-state index in [0.717, 1.165) is 13.0 Å². The number of hydrogen-bond acceptors (Lipinski definition) is 1. The Labute approximate surface area is 108 Å². The van der Waals surface area contributed by atoms with Crippen molar-refractivity contribution in [2.75, 3.05) is 6.54 Å². The van der Waals surface area contributed by atoms with E-state index < -0.39 is 0 Å². The van der Waals surface area contributed by atoms with Crippen LogP contribution in [0.2, 0.25) is 0 Å². The molecule has 15 heavy (non-hydrogen) atoms. The van der Waals surface area contributed by atoms with Crippen LogP contribution in [0.5, 0.6) is 0 Å². The minimum atomic E-state index is 0. The van der Waals surface area contributed by atoms with Gasteiger partial charge in [-0.25, -0.2) is 24.3 Å². The van der Waals surface area contributed by atoms with Gasteiger partial charge in [0, 0.05) is 0 Å². The van der Waals surface area contributed by atoms with E-state index in [2.05, 4.69) is 12.1 Å². The zero-order valence-electron chi connectivity index (χ0n) is 8.45. The molecule has 2 N–H and O–H groups in total. The summed E-state index contributed by atoms with van der Waals surface area (Å²) in [5.74, 6) is 0. The Hall–Kier alpha value is -0.531. The minimum Gasteiger partial charge on any atom is -0.330 e. The first-order valence-corrected chi connectivity index (χ1v) is 4.51. The van der Waals surface area contributed by atoms with E-state index in [1.165, 1.54) is 5.56 Å². The average molecular weight is 266 g/mol. The third-order valence-electron chi connectivity index (χ3n) is 1.72. The molecule has 0 aliphatic carbocycles. The summed E-state index contributed by atoms with van der Waals surface area (Å²) in [6.45, 7) is 0.754. The molecule has 0 spiro atoms. The van der Waals surface area contributed by atoms with Crippen LogP contribution in [0.15, 0.2) is 54.6 Å².